The first-order valence-corrected chi connectivity index (χ1v) is 5.36. The van der Waals surface area contributed by atoms with Crippen LogP contribution in [0.25, 0.3) is 0 Å². The largest absolute Gasteiger partial charge is 0.496 e. The maximum Gasteiger partial charge on any atom is 0.122 e. The van der Waals surface area contributed by atoms with Crippen molar-refractivity contribution < 1.29 is 9.84 Å². The summed E-state index contributed by atoms with van der Waals surface area (Å²) < 4.78 is 5.23. The SMILES string of the molecule is COc1ccc(NCC(O)CN)c(C)c1C. The number of hydrogen-bond acceptors (Lipinski definition) is 4. The molecule has 0 bridgehead atoms. The van der Waals surface area contributed by atoms with Crippen LogP contribution in [0.15, 0.2) is 12.1 Å². The second kappa shape index (κ2) is 5.72. The molecule has 0 amide bonds. The summed E-state index contributed by atoms with van der Waals surface area (Å²) in [6.45, 7) is 4.76. The number of rotatable bonds is 5. The fourth-order valence-electron chi connectivity index (χ4n) is 1.52. The van der Waals surface area contributed by atoms with Crippen LogP contribution in [0.5, 0.6) is 5.75 Å². The average Bonchev–Trinajstić information content (AvgIpc) is 2.30. The van der Waals surface area contributed by atoms with Crippen molar-refractivity contribution in [2.75, 3.05) is 25.5 Å². The molecule has 4 heteroatoms. The van der Waals surface area contributed by atoms with E-state index in [0.717, 1.165) is 22.6 Å². The van der Waals surface area contributed by atoms with Crippen molar-refractivity contribution in [3.05, 3.63) is 23.3 Å². The van der Waals surface area contributed by atoms with Crippen LogP contribution < -0.4 is 15.8 Å². The Morgan fingerprint density at radius 2 is 2.06 bits per heavy atom. The molecule has 0 aromatic heterocycles. The lowest BCUT2D eigenvalue weighted by Gasteiger charge is -2.16. The van der Waals surface area contributed by atoms with E-state index < -0.39 is 6.10 Å². The van der Waals surface area contributed by atoms with Gasteiger partial charge in [-0.3, -0.25) is 0 Å². The molecule has 1 aromatic rings. The van der Waals surface area contributed by atoms with Gasteiger partial charge < -0.3 is 20.9 Å². The summed E-state index contributed by atoms with van der Waals surface area (Å²) in [5.74, 6) is 0.877. The quantitative estimate of drug-likeness (QED) is 0.699. The van der Waals surface area contributed by atoms with E-state index in [1.54, 1.807) is 7.11 Å². The van der Waals surface area contributed by atoms with Crippen molar-refractivity contribution in [1.82, 2.24) is 0 Å². The van der Waals surface area contributed by atoms with E-state index in [9.17, 15) is 5.11 Å². The first-order valence-electron chi connectivity index (χ1n) is 5.36. The standard InChI is InChI=1S/C12H20N2O2/c1-8-9(2)12(16-3)5-4-11(8)14-7-10(15)6-13/h4-5,10,14-15H,6-7,13H2,1-3H3. The summed E-state index contributed by atoms with van der Waals surface area (Å²) in [6.07, 6.45) is -0.512. The van der Waals surface area contributed by atoms with Crippen LogP contribution in [0.3, 0.4) is 0 Å². The van der Waals surface area contributed by atoms with Gasteiger partial charge in [-0.25, -0.2) is 0 Å². The highest BCUT2D eigenvalue weighted by Gasteiger charge is 2.07. The Labute approximate surface area is 96.4 Å². The summed E-state index contributed by atoms with van der Waals surface area (Å²) in [5, 5.41) is 12.5. The summed E-state index contributed by atoms with van der Waals surface area (Å²) >= 11 is 0. The zero-order valence-corrected chi connectivity index (χ0v) is 10.1. The van der Waals surface area contributed by atoms with Gasteiger partial charge in [-0.2, -0.15) is 0 Å². The van der Waals surface area contributed by atoms with Gasteiger partial charge in [0.05, 0.1) is 13.2 Å². The molecule has 1 atom stereocenters. The summed E-state index contributed by atoms with van der Waals surface area (Å²) in [4.78, 5) is 0. The number of benzene rings is 1. The van der Waals surface area contributed by atoms with Crippen molar-refractivity contribution in [2.45, 2.75) is 20.0 Å². The molecule has 0 fully saturated rings. The van der Waals surface area contributed by atoms with Gasteiger partial charge in [0.2, 0.25) is 0 Å². The molecule has 0 aliphatic carbocycles. The first kappa shape index (κ1) is 12.8. The Morgan fingerprint density at radius 3 is 2.62 bits per heavy atom. The number of methoxy groups -OCH3 is 1. The smallest absolute Gasteiger partial charge is 0.122 e. The van der Waals surface area contributed by atoms with Gasteiger partial charge in [-0.05, 0) is 37.1 Å². The minimum absolute atomic E-state index is 0.265. The Kier molecular flexibility index (Phi) is 4.58. The highest BCUT2D eigenvalue weighted by Crippen LogP contribution is 2.26. The number of aliphatic hydroxyl groups is 1. The molecule has 0 spiro atoms. The van der Waals surface area contributed by atoms with Crippen molar-refractivity contribution >= 4 is 5.69 Å². The highest BCUT2D eigenvalue weighted by atomic mass is 16.5. The maximum absolute atomic E-state index is 9.37. The molecule has 0 saturated heterocycles. The molecule has 0 heterocycles. The van der Waals surface area contributed by atoms with Crippen LogP contribution in [0.4, 0.5) is 5.69 Å². The zero-order chi connectivity index (χ0) is 12.1. The first-order chi connectivity index (χ1) is 7.60. The lowest BCUT2D eigenvalue weighted by molar-refractivity contribution is 0.196. The van der Waals surface area contributed by atoms with Crippen LogP contribution >= 0.6 is 0 Å². The number of anilines is 1. The van der Waals surface area contributed by atoms with Crippen molar-refractivity contribution in [3.8, 4) is 5.75 Å². The predicted octanol–water partition coefficient (Wildman–Crippen LogP) is 1.04. The molecular formula is C12H20N2O2. The summed E-state index contributed by atoms with van der Waals surface area (Å²) in [7, 11) is 1.66. The number of aliphatic hydroxyl groups excluding tert-OH is 1. The molecule has 1 aromatic carbocycles. The second-order valence-electron chi connectivity index (χ2n) is 3.84. The molecule has 16 heavy (non-hydrogen) atoms. The van der Waals surface area contributed by atoms with E-state index in [1.165, 1.54) is 0 Å². The maximum atomic E-state index is 9.37. The molecule has 0 saturated carbocycles. The van der Waals surface area contributed by atoms with Gasteiger partial charge in [-0.15, -0.1) is 0 Å². The summed E-state index contributed by atoms with van der Waals surface area (Å²) in [6, 6.07) is 3.86. The van der Waals surface area contributed by atoms with Gasteiger partial charge >= 0.3 is 0 Å². The number of nitrogens with one attached hydrogen (secondary N) is 1. The lowest BCUT2D eigenvalue weighted by atomic mass is 10.1. The minimum atomic E-state index is -0.512. The monoisotopic (exact) mass is 224 g/mol. The number of nitrogens with two attached hydrogens (primary N) is 1. The van der Waals surface area contributed by atoms with Gasteiger partial charge in [-0.1, -0.05) is 0 Å². The number of hydrogen-bond donors (Lipinski definition) is 3. The molecular weight excluding hydrogens is 204 g/mol. The third-order valence-electron chi connectivity index (χ3n) is 2.76. The molecule has 4 N–H and O–H groups in total. The second-order valence-corrected chi connectivity index (χ2v) is 3.84. The highest BCUT2D eigenvalue weighted by molar-refractivity contribution is 5.58. The van der Waals surface area contributed by atoms with E-state index in [4.69, 9.17) is 10.5 Å². The Bertz CT molecular complexity index is 353. The summed E-state index contributed by atoms with van der Waals surface area (Å²) in [5.41, 5.74) is 8.58. The minimum Gasteiger partial charge on any atom is -0.496 e. The van der Waals surface area contributed by atoms with E-state index in [2.05, 4.69) is 5.32 Å². The molecule has 0 aliphatic heterocycles. The Balaban J connectivity index is 2.78. The molecule has 0 aliphatic rings. The van der Waals surface area contributed by atoms with Crippen LogP contribution in [0.1, 0.15) is 11.1 Å². The van der Waals surface area contributed by atoms with Crippen molar-refractivity contribution in [3.63, 3.8) is 0 Å². The lowest BCUT2D eigenvalue weighted by Crippen LogP contribution is -2.28. The van der Waals surface area contributed by atoms with Gasteiger partial charge in [0.15, 0.2) is 0 Å². The Morgan fingerprint density at radius 1 is 1.38 bits per heavy atom. The van der Waals surface area contributed by atoms with Crippen LogP contribution in [-0.4, -0.2) is 31.4 Å². The van der Waals surface area contributed by atoms with Crippen LogP contribution in [0.2, 0.25) is 0 Å². The van der Waals surface area contributed by atoms with Gasteiger partial charge in [0.1, 0.15) is 5.75 Å². The van der Waals surface area contributed by atoms with E-state index >= 15 is 0 Å². The van der Waals surface area contributed by atoms with Crippen molar-refractivity contribution in [2.24, 2.45) is 5.73 Å². The third kappa shape index (κ3) is 2.87. The average molecular weight is 224 g/mol. The fourth-order valence-corrected chi connectivity index (χ4v) is 1.52. The fraction of sp³-hybridized carbons (Fsp3) is 0.500. The van der Waals surface area contributed by atoms with E-state index in [1.807, 2.05) is 26.0 Å². The molecule has 1 rings (SSSR count). The van der Waals surface area contributed by atoms with E-state index in [0.29, 0.717) is 6.54 Å². The van der Waals surface area contributed by atoms with Crippen molar-refractivity contribution in [1.29, 1.82) is 0 Å². The third-order valence-corrected chi connectivity index (χ3v) is 2.76. The molecule has 90 valence electrons. The predicted molar refractivity (Wildman–Crippen MR) is 66.0 cm³/mol. The Hall–Kier alpha value is -1.26. The zero-order valence-electron chi connectivity index (χ0n) is 10.1. The topological polar surface area (TPSA) is 67.5 Å². The number of ether oxygens (including phenoxy) is 1. The van der Waals surface area contributed by atoms with E-state index in [-0.39, 0.29) is 6.54 Å². The van der Waals surface area contributed by atoms with Gasteiger partial charge in [0, 0.05) is 18.8 Å². The van der Waals surface area contributed by atoms with Crippen LogP contribution in [0, 0.1) is 13.8 Å². The van der Waals surface area contributed by atoms with Crippen LogP contribution in [-0.2, 0) is 0 Å². The molecule has 1 unspecified atom stereocenters. The van der Waals surface area contributed by atoms with Gasteiger partial charge in [0.25, 0.3) is 0 Å². The molecule has 0 radical (unpaired) electrons. The molecule has 4 nitrogen and oxygen atoms in total. The normalized spacial score (nSPS) is 12.3.